The van der Waals surface area contributed by atoms with Crippen LogP contribution in [0, 0.1) is 0 Å². The molecule has 2 bridgehead atoms. The minimum absolute atomic E-state index is 0.191. The van der Waals surface area contributed by atoms with Gasteiger partial charge in [-0.1, -0.05) is 44.2 Å². The first kappa shape index (κ1) is 28.2. The van der Waals surface area contributed by atoms with Crippen molar-refractivity contribution in [2.45, 2.75) is 45.3 Å². The Hall–Kier alpha value is -3.34. The molecule has 1 aromatic heterocycles. The fourth-order valence-corrected chi connectivity index (χ4v) is 4.66. The second-order valence-electron chi connectivity index (χ2n) is 9.91. The summed E-state index contributed by atoms with van der Waals surface area (Å²) in [4.78, 5) is 45.0. The average molecular weight is 513 g/mol. The summed E-state index contributed by atoms with van der Waals surface area (Å²) in [6.07, 6.45) is 0.528. The van der Waals surface area contributed by atoms with Crippen LogP contribution in [0.2, 0.25) is 0 Å². The van der Waals surface area contributed by atoms with Gasteiger partial charge in [-0.15, -0.1) is 0 Å². The quantitative estimate of drug-likeness (QED) is 0.458. The van der Waals surface area contributed by atoms with Gasteiger partial charge in [0.05, 0.1) is 31.0 Å². The van der Waals surface area contributed by atoms with Crippen molar-refractivity contribution in [3.05, 3.63) is 65.0 Å². The zero-order valence-corrected chi connectivity index (χ0v) is 21.4. The number of pyridine rings is 1. The van der Waals surface area contributed by atoms with Crippen LogP contribution in [0.5, 0.6) is 0 Å². The third kappa shape index (κ3) is 9.23. The van der Waals surface area contributed by atoms with Gasteiger partial charge < -0.3 is 15.3 Å². The second-order valence-corrected chi connectivity index (χ2v) is 9.91. The third-order valence-electron chi connectivity index (χ3n) is 6.51. The molecule has 0 saturated carbocycles. The molecule has 0 radical (unpaired) electrons. The molecule has 0 spiro atoms. The number of benzene rings is 1. The summed E-state index contributed by atoms with van der Waals surface area (Å²) in [5.41, 5.74) is 3.60. The van der Waals surface area contributed by atoms with Gasteiger partial charge in [-0.25, -0.2) is 0 Å². The highest BCUT2D eigenvalue weighted by Crippen LogP contribution is 2.19. The van der Waals surface area contributed by atoms with Crippen molar-refractivity contribution in [3.8, 4) is 0 Å². The fraction of sp³-hybridized carbons (Fsp3) is 0.481. The number of rotatable bonds is 9. The molecule has 0 saturated heterocycles. The van der Waals surface area contributed by atoms with E-state index in [1.165, 1.54) is 5.56 Å². The van der Waals surface area contributed by atoms with E-state index in [-0.39, 0.29) is 32.2 Å². The SMILES string of the molecule is CC(C)c1ccc(CC2CN(CC(=O)O)CCN(CC(=O)O)Cc3cccc(n3)CN2CC(=O)O)cc1. The maximum atomic E-state index is 11.9. The Labute approximate surface area is 217 Å². The first-order valence-electron chi connectivity index (χ1n) is 12.5. The Balaban J connectivity index is 1.98. The van der Waals surface area contributed by atoms with Crippen molar-refractivity contribution in [2.24, 2.45) is 0 Å². The van der Waals surface area contributed by atoms with Crippen LogP contribution in [-0.4, -0.2) is 98.2 Å². The van der Waals surface area contributed by atoms with E-state index in [1.807, 2.05) is 35.2 Å². The molecule has 3 N–H and O–H groups in total. The van der Waals surface area contributed by atoms with Gasteiger partial charge in [0.1, 0.15) is 0 Å². The lowest BCUT2D eigenvalue weighted by Gasteiger charge is -2.36. The fourth-order valence-electron chi connectivity index (χ4n) is 4.66. The van der Waals surface area contributed by atoms with Crippen molar-refractivity contribution in [2.75, 3.05) is 39.3 Å². The summed E-state index contributed by atoms with van der Waals surface area (Å²) in [6.45, 7) is 5.14. The largest absolute Gasteiger partial charge is 0.480 e. The molecule has 2 aromatic rings. The highest BCUT2D eigenvalue weighted by Gasteiger charge is 2.27. The summed E-state index contributed by atoms with van der Waals surface area (Å²) >= 11 is 0. The Kier molecular flexibility index (Phi) is 10.1. The second kappa shape index (κ2) is 13.3. The molecule has 10 nitrogen and oxygen atoms in total. The zero-order valence-electron chi connectivity index (χ0n) is 21.4. The van der Waals surface area contributed by atoms with Gasteiger partial charge in [0.2, 0.25) is 0 Å². The summed E-state index contributed by atoms with van der Waals surface area (Å²) in [5, 5.41) is 28.7. The number of carboxylic acid groups (broad SMARTS) is 3. The molecule has 1 unspecified atom stereocenters. The van der Waals surface area contributed by atoms with Crippen LogP contribution in [0.25, 0.3) is 0 Å². The van der Waals surface area contributed by atoms with Crippen LogP contribution >= 0.6 is 0 Å². The van der Waals surface area contributed by atoms with Crippen LogP contribution in [0.1, 0.15) is 42.3 Å². The lowest BCUT2D eigenvalue weighted by molar-refractivity contribution is -0.141. The van der Waals surface area contributed by atoms with Gasteiger partial charge in [0, 0.05) is 38.8 Å². The van der Waals surface area contributed by atoms with Crippen molar-refractivity contribution in [1.29, 1.82) is 0 Å². The highest BCUT2D eigenvalue weighted by atomic mass is 16.4. The molecule has 1 aromatic carbocycles. The predicted molar refractivity (Wildman–Crippen MR) is 137 cm³/mol. The Morgan fingerprint density at radius 1 is 0.838 bits per heavy atom. The minimum Gasteiger partial charge on any atom is -0.480 e. The molecule has 200 valence electrons. The molecular weight excluding hydrogens is 476 g/mol. The molecular formula is C27H36N4O6. The first-order chi connectivity index (χ1) is 17.6. The maximum Gasteiger partial charge on any atom is 0.317 e. The standard InChI is InChI=1S/C27H36N4O6/c1-19(2)21-8-6-20(7-9-21)12-24-15-30(17-26(34)35)11-10-29(16-25(32)33)13-22-4-3-5-23(28-22)14-31(24)18-27(36)37/h3-9,19,24H,10-18H2,1-2H3,(H,32,33)(H,34,35)(H,36,37). The molecule has 1 atom stereocenters. The summed E-state index contributed by atoms with van der Waals surface area (Å²) in [6, 6.07) is 13.4. The van der Waals surface area contributed by atoms with Crippen LogP contribution < -0.4 is 0 Å². The number of nitrogens with zero attached hydrogens (tertiary/aromatic N) is 4. The van der Waals surface area contributed by atoms with Gasteiger partial charge in [-0.3, -0.25) is 34.1 Å². The van der Waals surface area contributed by atoms with Crippen molar-refractivity contribution >= 4 is 17.9 Å². The van der Waals surface area contributed by atoms with E-state index in [1.54, 1.807) is 9.80 Å². The Morgan fingerprint density at radius 2 is 1.41 bits per heavy atom. The van der Waals surface area contributed by atoms with Gasteiger partial charge in [-0.2, -0.15) is 0 Å². The minimum atomic E-state index is -0.992. The lowest BCUT2D eigenvalue weighted by Crippen LogP contribution is -2.50. The van der Waals surface area contributed by atoms with Gasteiger partial charge >= 0.3 is 17.9 Å². The number of hydrogen-bond acceptors (Lipinski definition) is 7. The van der Waals surface area contributed by atoms with E-state index in [9.17, 15) is 29.7 Å². The molecule has 0 aliphatic carbocycles. The van der Waals surface area contributed by atoms with E-state index in [0.29, 0.717) is 49.9 Å². The van der Waals surface area contributed by atoms with Gasteiger partial charge in [0.15, 0.2) is 0 Å². The van der Waals surface area contributed by atoms with Crippen LogP contribution in [0.15, 0.2) is 42.5 Å². The predicted octanol–water partition coefficient (Wildman–Crippen LogP) is 1.99. The number of aromatic nitrogens is 1. The topological polar surface area (TPSA) is 135 Å². The van der Waals surface area contributed by atoms with E-state index in [2.05, 4.69) is 31.0 Å². The molecule has 1 aliphatic heterocycles. The maximum absolute atomic E-state index is 11.9. The lowest BCUT2D eigenvalue weighted by atomic mass is 9.98. The highest BCUT2D eigenvalue weighted by molar-refractivity contribution is 5.70. The zero-order chi connectivity index (χ0) is 26.9. The Morgan fingerprint density at radius 3 is 2.00 bits per heavy atom. The third-order valence-corrected chi connectivity index (χ3v) is 6.51. The van der Waals surface area contributed by atoms with Gasteiger partial charge in [0.25, 0.3) is 0 Å². The summed E-state index contributed by atoms with van der Waals surface area (Å²) < 4.78 is 0. The molecule has 10 heteroatoms. The average Bonchev–Trinajstić information content (AvgIpc) is 2.80. The summed E-state index contributed by atoms with van der Waals surface area (Å²) in [5.74, 6) is -2.55. The molecule has 1 aliphatic rings. The molecule has 2 heterocycles. The number of fused-ring (bicyclic) bond motifs is 2. The van der Waals surface area contributed by atoms with Gasteiger partial charge in [-0.05, 0) is 35.6 Å². The monoisotopic (exact) mass is 512 g/mol. The molecule has 37 heavy (non-hydrogen) atoms. The molecule has 0 fully saturated rings. The molecule has 0 amide bonds. The number of hydrogen-bond donors (Lipinski definition) is 3. The van der Waals surface area contributed by atoms with E-state index in [0.717, 1.165) is 5.56 Å². The van der Waals surface area contributed by atoms with E-state index in [4.69, 9.17) is 0 Å². The smallest absolute Gasteiger partial charge is 0.317 e. The van der Waals surface area contributed by atoms with Crippen molar-refractivity contribution < 1.29 is 29.7 Å². The van der Waals surface area contributed by atoms with Crippen molar-refractivity contribution in [1.82, 2.24) is 19.7 Å². The van der Waals surface area contributed by atoms with Crippen LogP contribution in [-0.2, 0) is 33.9 Å². The van der Waals surface area contributed by atoms with Crippen molar-refractivity contribution in [3.63, 3.8) is 0 Å². The number of aliphatic carboxylic acids is 3. The van der Waals surface area contributed by atoms with Crippen LogP contribution in [0.3, 0.4) is 0 Å². The number of carboxylic acids is 3. The molecule has 3 rings (SSSR count). The summed E-state index contributed by atoms with van der Waals surface area (Å²) in [7, 11) is 0. The van der Waals surface area contributed by atoms with Crippen LogP contribution in [0.4, 0.5) is 0 Å². The first-order valence-corrected chi connectivity index (χ1v) is 12.5. The van der Waals surface area contributed by atoms with E-state index >= 15 is 0 Å². The normalized spacial score (nSPS) is 18.2. The Bertz CT molecular complexity index is 1070. The van der Waals surface area contributed by atoms with E-state index < -0.39 is 17.9 Å². The number of carbonyl (C=O) groups is 3.